The molecule has 1 aromatic rings. The van der Waals surface area contributed by atoms with Crippen LogP contribution >= 0.6 is 0 Å². The maximum atomic E-state index is 13.3. The summed E-state index contributed by atoms with van der Waals surface area (Å²) in [6.07, 6.45) is 1.35. The van der Waals surface area contributed by atoms with Gasteiger partial charge in [-0.15, -0.1) is 0 Å². The SMILES string of the molecule is CC1(C(=O)Nc2cc(F)cc([N+](=O)[O-])c2)CCNCC1. The van der Waals surface area contributed by atoms with Gasteiger partial charge in [0.15, 0.2) is 0 Å². The number of benzene rings is 1. The topological polar surface area (TPSA) is 84.3 Å². The number of piperidine rings is 1. The second-order valence-electron chi connectivity index (χ2n) is 5.22. The molecule has 1 aliphatic heterocycles. The van der Waals surface area contributed by atoms with Crippen LogP contribution in [-0.2, 0) is 4.79 Å². The van der Waals surface area contributed by atoms with Crippen LogP contribution in [0.25, 0.3) is 0 Å². The minimum absolute atomic E-state index is 0.112. The molecule has 1 amide bonds. The van der Waals surface area contributed by atoms with Gasteiger partial charge < -0.3 is 10.6 Å². The van der Waals surface area contributed by atoms with E-state index in [1.54, 1.807) is 0 Å². The third-order valence-electron chi connectivity index (χ3n) is 3.61. The van der Waals surface area contributed by atoms with Crippen molar-refractivity contribution in [2.24, 2.45) is 5.41 Å². The zero-order valence-corrected chi connectivity index (χ0v) is 11.1. The van der Waals surface area contributed by atoms with Crippen molar-refractivity contribution in [1.82, 2.24) is 5.32 Å². The number of nitrogens with zero attached hydrogens (tertiary/aromatic N) is 1. The van der Waals surface area contributed by atoms with Crippen molar-refractivity contribution in [3.05, 3.63) is 34.1 Å². The first kappa shape index (κ1) is 14.4. The molecule has 2 N–H and O–H groups in total. The minimum Gasteiger partial charge on any atom is -0.325 e. The number of amides is 1. The van der Waals surface area contributed by atoms with Gasteiger partial charge >= 0.3 is 0 Å². The molecule has 1 fully saturated rings. The molecule has 0 saturated carbocycles. The fourth-order valence-corrected chi connectivity index (χ4v) is 2.24. The Hall–Kier alpha value is -2.02. The number of rotatable bonds is 3. The molecule has 0 bridgehead atoms. The Balaban J connectivity index is 2.17. The fraction of sp³-hybridized carbons (Fsp3) is 0.462. The number of nitro groups is 1. The van der Waals surface area contributed by atoms with Crippen molar-refractivity contribution >= 4 is 17.3 Å². The zero-order chi connectivity index (χ0) is 14.8. The van der Waals surface area contributed by atoms with E-state index >= 15 is 0 Å². The van der Waals surface area contributed by atoms with Gasteiger partial charge in [-0.25, -0.2) is 4.39 Å². The maximum Gasteiger partial charge on any atom is 0.274 e. The smallest absolute Gasteiger partial charge is 0.274 e. The van der Waals surface area contributed by atoms with Crippen molar-refractivity contribution in [3.63, 3.8) is 0 Å². The van der Waals surface area contributed by atoms with E-state index < -0.39 is 16.2 Å². The molecule has 0 radical (unpaired) electrons. The second kappa shape index (κ2) is 5.54. The summed E-state index contributed by atoms with van der Waals surface area (Å²) in [5.41, 5.74) is -0.802. The van der Waals surface area contributed by atoms with E-state index in [0.29, 0.717) is 12.8 Å². The Bertz CT molecular complexity index is 542. The lowest BCUT2D eigenvalue weighted by molar-refractivity contribution is -0.385. The van der Waals surface area contributed by atoms with Gasteiger partial charge in [0.05, 0.1) is 16.7 Å². The Labute approximate surface area is 115 Å². The van der Waals surface area contributed by atoms with Crippen LogP contribution < -0.4 is 10.6 Å². The van der Waals surface area contributed by atoms with Crippen LogP contribution in [0.5, 0.6) is 0 Å². The number of non-ortho nitro benzene ring substituents is 1. The van der Waals surface area contributed by atoms with E-state index in [1.165, 1.54) is 0 Å². The molecule has 1 saturated heterocycles. The number of carbonyl (C=O) groups excluding carboxylic acids is 1. The molecule has 0 aromatic heterocycles. The van der Waals surface area contributed by atoms with E-state index in [2.05, 4.69) is 10.6 Å². The average Bonchev–Trinajstić information content (AvgIpc) is 2.38. The predicted octanol–water partition coefficient (Wildman–Crippen LogP) is 2.06. The molecule has 0 spiro atoms. The van der Waals surface area contributed by atoms with Crippen LogP contribution in [0.1, 0.15) is 19.8 Å². The zero-order valence-electron chi connectivity index (χ0n) is 11.1. The van der Waals surface area contributed by atoms with Crippen LogP contribution in [0.4, 0.5) is 15.8 Å². The number of nitro benzene ring substituents is 1. The Morgan fingerprint density at radius 1 is 1.40 bits per heavy atom. The normalized spacial score (nSPS) is 17.5. The van der Waals surface area contributed by atoms with Crippen LogP contribution in [0.2, 0.25) is 0 Å². The summed E-state index contributed by atoms with van der Waals surface area (Å²) in [6, 6.07) is 3.06. The van der Waals surface area contributed by atoms with Crippen molar-refractivity contribution in [2.45, 2.75) is 19.8 Å². The van der Waals surface area contributed by atoms with E-state index in [9.17, 15) is 19.3 Å². The van der Waals surface area contributed by atoms with Crippen molar-refractivity contribution in [1.29, 1.82) is 0 Å². The van der Waals surface area contributed by atoms with Gasteiger partial charge in [0, 0.05) is 11.5 Å². The largest absolute Gasteiger partial charge is 0.325 e. The van der Waals surface area contributed by atoms with Gasteiger partial charge in [0.1, 0.15) is 5.82 Å². The lowest BCUT2D eigenvalue weighted by atomic mass is 9.80. The van der Waals surface area contributed by atoms with Gasteiger partial charge in [-0.05, 0) is 32.0 Å². The molecule has 1 aliphatic rings. The average molecular weight is 281 g/mol. The van der Waals surface area contributed by atoms with Gasteiger partial charge in [-0.3, -0.25) is 14.9 Å². The Kier molecular flexibility index (Phi) is 3.99. The number of anilines is 1. The van der Waals surface area contributed by atoms with Crippen LogP contribution in [0, 0.1) is 21.3 Å². The van der Waals surface area contributed by atoms with E-state index in [0.717, 1.165) is 31.3 Å². The number of carbonyl (C=O) groups is 1. The molecular formula is C13H16FN3O3. The minimum atomic E-state index is -0.745. The lowest BCUT2D eigenvalue weighted by Crippen LogP contribution is -2.42. The Morgan fingerprint density at radius 3 is 2.65 bits per heavy atom. The van der Waals surface area contributed by atoms with Gasteiger partial charge in [0.2, 0.25) is 5.91 Å². The first-order valence-electron chi connectivity index (χ1n) is 6.38. The van der Waals surface area contributed by atoms with E-state index in [-0.39, 0.29) is 17.3 Å². The molecule has 6 nitrogen and oxygen atoms in total. The summed E-state index contributed by atoms with van der Waals surface area (Å²) in [5.74, 6) is -0.983. The quantitative estimate of drug-likeness (QED) is 0.656. The van der Waals surface area contributed by atoms with Crippen LogP contribution in [0.15, 0.2) is 18.2 Å². The molecule has 7 heteroatoms. The molecule has 0 unspecified atom stereocenters. The Morgan fingerprint density at radius 2 is 2.05 bits per heavy atom. The fourth-order valence-electron chi connectivity index (χ4n) is 2.24. The number of halogens is 1. The summed E-state index contributed by atoms with van der Waals surface area (Å²) in [7, 11) is 0. The highest BCUT2D eigenvalue weighted by molar-refractivity contribution is 5.95. The van der Waals surface area contributed by atoms with Crippen molar-refractivity contribution in [2.75, 3.05) is 18.4 Å². The molecule has 2 rings (SSSR count). The predicted molar refractivity (Wildman–Crippen MR) is 71.9 cm³/mol. The highest BCUT2D eigenvalue weighted by Crippen LogP contribution is 2.30. The molecule has 20 heavy (non-hydrogen) atoms. The third-order valence-corrected chi connectivity index (χ3v) is 3.61. The van der Waals surface area contributed by atoms with Crippen LogP contribution in [0.3, 0.4) is 0 Å². The van der Waals surface area contributed by atoms with Gasteiger partial charge in [-0.2, -0.15) is 0 Å². The lowest BCUT2D eigenvalue weighted by Gasteiger charge is -2.32. The first-order chi connectivity index (χ1) is 9.40. The summed E-state index contributed by atoms with van der Waals surface area (Å²) in [6.45, 7) is 3.33. The molecule has 1 aromatic carbocycles. The summed E-state index contributed by atoms with van der Waals surface area (Å²) >= 11 is 0. The second-order valence-corrected chi connectivity index (χ2v) is 5.22. The molecule has 0 atom stereocenters. The third kappa shape index (κ3) is 3.11. The van der Waals surface area contributed by atoms with Crippen LogP contribution in [-0.4, -0.2) is 23.9 Å². The highest BCUT2D eigenvalue weighted by Gasteiger charge is 2.34. The monoisotopic (exact) mass is 281 g/mol. The summed E-state index contributed by atoms with van der Waals surface area (Å²) < 4.78 is 13.3. The summed E-state index contributed by atoms with van der Waals surface area (Å²) in [4.78, 5) is 22.2. The molecule has 108 valence electrons. The molecule has 0 aliphatic carbocycles. The number of hydrogen-bond donors (Lipinski definition) is 2. The highest BCUT2D eigenvalue weighted by atomic mass is 19.1. The first-order valence-corrected chi connectivity index (χ1v) is 6.38. The van der Waals surface area contributed by atoms with E-state index in [1.807, 2.05) is 6.92 Å². The van der Waals surface area contributed by atoms with Crippen molar-refractivity contribution < 1.29 is 14.1 Å². The van der Waals surface area contributed by atoms with Gasteiger partial charge in [0.25, 0.3) is 5.69 Å². The number of hydrogen-bond acceptors (Lipinski definition) is 4. The summed E-state index contributed by atoms with van der Waals surface area (Å²) in [5, 5.41) is 16.4. The standard InChI is InChI=1S/C13H16FN3O3/c1-13(2-4-15-5-3-13)12(18)16-10-6-9(14)7-11(8-10)17(19)20/h6-8,15H,2-5H2,1H3,(H,16,18). The molecule has 1 heterocycles. The van der Waals surface area contributed by atoms with E-state index in [4.69, 9.17) is 0 Å². The van der Waals surface area contributed by atoms with Gasteiger partial charge in [-0.1, -0.05) is 6.92 Å². The van der Waals surface area contributed by atoms with Crippen molar-refractivity contribution in [3.8, 4) is 0 Å². The molecular weight excluding hydrogens is 265 g/mol. The number of nitrogens with one attached hydrogen (secondary N) is 2. The maximum absolute atomic E-state index is 13.3.